The highest BCUT2D eigenvalue weighted by Gasteiger charge is 2.04. The maximum Gasteiger partial charge on any atom is 0.127 e. The summed E-state index contributed by atoms with van der Waals surface area (Å²) >= 11 is 0. The second kappa shape index (κ2) is 6.23. The summed E-state index contributed by atoms with van der Waals surface area (Å²) in [5.74, 6) is 1.58. The van der Waals surface area contributed by atoms with Gasteiger partial charge in [0.25, 0.3) is 0 Å². The van der Waals surface area contributed by atoms with E-state index in [0.29, 0.717) is 18.6 Å². The lowest BCUT2D eigenvalue weighted by Gasteiger charge is -2.11. The molecule has 2 radical (unpaired) electrons. The van der Waals surface area contributed by atoms with E-state index in [9.17, 15) is 0 Å². The number of methoxy groups -OCH3 is 2. The molecule has 16 heavy (non-hydrogen) atoms. The number of hydrogen-bond acceptors (Lipinski definition) is 3. The summed E-state index contributed by atoms with van der Waals surface area (Å²) in [7, 11) is 8.73. The minimum Gasteiger partial charge on any atom is -0.497 e. The SMILES string of the molecule is [B]C(=C)CNCc1ccc(OC)cc1OC. The van der Waals surface area contributed by atoms with E-state index in [-0.39, 0.29) is 0 Å². The zero-order valence-electron chi connectivity index (χ0n) is 9.75. The second-order valence-corrected chi connectivity index (χ2v) is 3.44. The Morgan fingerprint density at radius 1 is 1.38 bits per heavy atom. The Morgan fingerprint density at radius 3 is 2.69 bits per heavy atom. The van der Waals surface area contributed by atoms with Crippen molar-refractivity contribution in [1.29, 1.82) is 0 Å². The van der Waals surface area contributed by atoms with Gasteiger partial charge in [-0.3, -0.25) is 0 Å². The average molecular weight is 217 g/mol. The topological polar surface area (TPSA) is 30.5 Å². The lowest BCUT2D eigenvalue weighted by molar-refractivity contribution is 0.390. The maximum absolute atomic E-state index is 5.46. The molecule has 1 aromatic rings. The van der Waals surface area contributed by atoms with Crippen LogP contribution in [0.4, 0.5) is 0 Å². The van der Waals surface area contributed by atoms with Crippen LogP contribution in [0.1, 0.15) is 5.56 Å². The zero-order chi connectivity index (χ0) is 12.0. The fraction of sp³-hybridized carbons (Fsp3) is 0.333. The van der Waals surface area contributed by atoms with E-state index in [2.05, 4.69) is 11.9 Å². The summed E-state index contributed by atoms with van der Waals surface area (Å²) < 4.78 is 10.4. The van der Waals surface area contributed by atoms with E-state index in [1.54, 1.807) is 14.2 Å². The van der Waals surface area contributed by atoms with Gasteiger partial charge < -0.3 is 14.8 Å². The van der Waals surface area contributed by atoms with Gasteiger partial charge in [-0.25, -0.2) is 0 Å². The quantitative estimate of drug-likeness (QED) is 0.732. The molecule has 0 aromatic heterocycles. The van der Waals surface area contributed by atoms with E-state index < -0.39 is 0 Å². The Morgan fingerprint density at radius 2 is 2.12 bits per heavy atom. The number of ether oxygens (including phenoxy) is 2. The summed E-state index contributed by atoms with van der Waals surface area (Å²) in [6.07, 6.45) is 0. The molecular formula is C12H16BNO2. The lowest BCUT2D eigenvalue weighted by Crippen LogP contribution is -2.16. The van der Waals surface area contributed by atoms with Crippen LogP contribution < -0.4 is 14.8 Å². The minimum atomic E-state index is 0.592. The van der Waals surface area contributed by atoms with Crippen LogP contribution in [-0.2, 0) is 6.54 Å². The first-order chi connectivity index (χ1) is 7.67. The third kappa shape index (κ3) is 3.63. The number of hydrogen-bond donors (Lipinski definition) is 1. The van der Waals surface area contributed by atoms with Crippen LogP contribution in [0.15, 0.2) is 30.3 Å². The highest BCUT2D eigenvalue weighted by atomic mass is 16.5. The fourth-order valence-electron chi connectivity index (χ4n) is 1.36. The van der Waals surface area contributed by atoms with E-state index in [4.69, 9.17) is 17.3 Å². The molecule has 3 nitrogen and oxygen atoms in total. The fourth-order valence-corrected chi connectivity index (χ4v) is 1.36. The van der Waals surface area contributed by atoms with E-state index in [0.717, 1.165) is 17.1 Å². The summed E-state index contributed by atoms with van der Waals surface area (Å²) in [6, 6.07) is 5.72. The van der Waals surface area contributed by atoms with Crippen molar-refractivity contribution in [2.24, 2.45) is 0 Å². The number of benzene rings is 1. The van der Waals surface area contributed by atoms with Gasteiger partial charge in [-0.1, -0.05) is 6.07 Å². The number of nitrogens with one attached hydrogen (secondary N) is 1. The zero-order valence-corrected chi connectivity index (χ0v) is 9.75. The van der Waals surface area contributed by atoms with Crippen molar-refractivity contribution >= 4 is 7.85 Å². The molecule has 0 heterocycles. The third-order valence-electron chi connectivity index (χ3n) is 2.16. The van der Waals surface area contributed by atoms with Gasteiger partial charge in [-0.2, -0.15) is 0 Å². The molecule has 0 unspecified atom stereocenters. The van der Waals surface area contributed by atoms with Gasteiger partial charge in [0.1, 0.15) is 19.3 Å². The van der Waals surface area contributed by atoms with E-state index >= 15 is 0 Å². The highest BCUT2D eigenvalue weighted by Crippen LogP contribution is 2.24. The molecule has 1 N–H and O–H groups in total. The smallest absolute Gasteiger partial charge is 0.127 e. The molecule has 0 amide bonds. The first-order valence-electron chi connectivity index (χ1n) is 5.02. The molecule has 0 spiro atoms. The standard InChI is InChI=1S/C12H16BNO2/c1-9(13)7-14-8-10-4-5-11(15-2)6-12(10)16-3/h4-6,14H,1,7-8H2,2-3H3. The van der Waals surface area contributed by atoms with Crippen LogP contribution in [0, 0.1) is 0 Å². The van der Waals surface area contributed by atoms with Crippen molar-refractivity contribution in [1.82, 2.24) is 5.32 Å². The van der Waals surface area contributed by atoms with Crippen LogP contribution in [0.25, 0.3) is 0 Å². The van der Waals surface area contributed by atoms with E-state index in [1.807, 2.05) is 18.2 Å². The van der Waals surface area contributed by atoms with Crippen molar-refractivity contribution in [3.63, 3.8) is 0 Å². The highest BCUT2D eigenvalue weighted by molar-refractivity contribution is 6.21. The number of rotatable bonds is 6. The Hall–Kier alpha value is -1.42. The van der Waals surface area contributed by atoms with Crippen LogP contribution in [0.3, 0.4) is 0 Å². The first kappa shape index (κ1) is 12.7. The lowest BCUT2D eigenvalue weighted by atomic mass is 9.98. The molecule has 1 aromatic carbocycles. The van der Waals surface area contributed by atoms with Crippen molar-refractivity contribution in [2.45, 2.75) is 6.54 Å². The van der Waals surface area contributed by atoms with Crippen molar-refractivity contribution in [3.8, 4) is 11.5 Å². The molecule has 0 saturated heterocycles. The molecule has 84 valence electrons. The van der Waals surface area contributed by atoms with Crippen LogP contribution in [-0.4, -0.2) is 28.6 Å². The Labute approximate surface area is 97.9 Å². The van der Waals surface area contributed by atoms with Crippen LogP contribution in [0.2, 0.25) is 0 Å². The third-order valence-corrected chi connectivity index (χ3v) is 2.16. The monoisotopic (exact) mass is 217 g/mol. The molecule has 4 heteroatoms. The molecule has 0 aliphatic rings. The molecule has 0 aliphatic carbocycles. The predicted octanol–water partition coefficient (Wildman–Crippen LogP) is 1.48. The predicted molar refractivity (Wildman–Crippen MR) is 66.1 cm³/mol. The van der Waals surface area contributed by atoms with Gasteiger partial charge in [0.2, 0.25) is 0 Å². The molecule has 0 saturated carbocycles. The van der Waals surface area contributed by atoms with Gasteiger partial charge in [-0.05, 0) is 6.07 Å². The van der Waals surface area contributed by atoms with Gasteiger partial charge in [0.05, 0.1) is 14.2 Å². The summed E-state index contributed by atoms with van der Waals surface area (Å²) in [5, 5.41) is 3.17. The van der Waals surface area contributed by atoms with Gasteiger partial charge in [0.15, 0.2) is 0 Å². The van der Waals surface area contributed by atoms with Crippen molar-refractivity contribution in [2.75, 3.05) is 20.8 Å². The van der Waals surface area contributed by atoms with Gasteiger partial charge in [0, 0.05) is 24.7 Å². The average Bonchev–Trinajstić information content (AvgIpc) is 2.29. The minimum absolute atomic E-state index is 0.592. The first-order valence-corrected chi connectivity index (χ1v) is 5.02. The normalized spacial score (nSPS) is 9.88. The second-order valence-electron chi connectivity index (χ2n) is 3.44. The van der Waals surface area contributed by atoms with Crippen molar-refractivity contribution < 1.29 is 9.47 Å². The largest absolute Gasteiger partial charge is 0.497 e. The summed E-state index contributed by atoms with van der Waals surface area (Å²) in [6.45, 7) is 4.90. The summed E-state index contributed by atoms with van der Waals surface area (Å²) in [5.41, 5.74) is 1.68. The van der Waals surface area contributed by atoms with E-state index in [1.165, 1.54) is 0 Å². The van der Waals surface area contributed by atoms with Crippen molar-refractivity contribution in [3.05, 3.63) is 35.8 Å². The molecule has 1 rings (SSSR count). The Kier molecular flexibility index (Phi) is 4.93. The Balaban J connectivity index is 2.68. The molecule has 0 fully saturated rings. The molecular weight excluding hydrogens is 201 g/mol. The van der Waals surface area contributed by atoms with Crippen LogP contribution in [0.5, 0.6) is 11.5 Å². The maximum atomic E-state index is 5.46. The molecule has 0 bridgehead atoms. The molecule has 0 atom stereocenters. The Bertz CT molecular complexity index is 366. The summed E-state index contributed by atoms with van der Waals surface area (Å²) in [4.78, 5) is 0. The van der Waals surface area contributed by atoms with Gasteiger partial charge >= 0.3 is 0 Å². The van der Waals surface area contributed by atoms with Gasteiger partial charge in [-0.15, -0.1) is 12.1 Å². The van der Waals surface area contributed by atoms with Crippen LogP contribution >= 0.6 is 0 Å². The molecule has 0 aliphatic heterocycles.